The summed E-state index contributed by atoms with van der Waals surface area (Å²) < 4.78 is 15.0. The number of carbonyl (C=O) groups is 3. The number of hydrogen-bond acceptors (Lipinski definition) is 7. The highest BCUT2D eigenvalue weighted by Crippen LogP contribution is 2.20. The van der Waals surface area contributed by atoms with Crippen molar-refractivity contribution < 1.29 is 28.6 Å². The first-order chi connectivity index (χ1) is 11.4. The fraction of sp³-hybridized carbons (Fsp3) is 0.722. The van der Waals surface area contributed by atoms with Gasteiger partial charge in [-0.2, -0.15) is 0 Å². The van der Waals surface area contributed by atoms with Crippen molar-refractivity contribution in [2.75, 3.05) is 13.5 Å². The average molecular weight is 355 g/mol. The van der Waals surface area contributed by atoms with Gasteiger partial charge in [0.05, 0.1) is 16.7 Å². The first-order valence-corrected chi connectivity index (χ1v) is 8.34. The van der Waals surface area contributed by atoms with E-state index in [1.807, 2.05) is 6.08 Å². The summed E-state index contributed by atoms with van der Waals surface area (Å²) in [7, 11) is 0. The van der Waals surface area contributed by atoms with Crippen molar-refractivity contribution in [1.82, 2.24) is 5.32 Å². The SMILES string of the molecule is CC(C)(C)C(=O)OCNC1C=CC(C(=O)OCOC(=O)C(C)(C)C)C1. The maximum atomic E-state index is 12.0. The lowest BCUT2D eigenvalue weighted by Crippen LogP contribution is -2.33. The van der Waals surface area contributed by atoms with E-state index < -0.39 is 28.7 Å². The second-order valence-corrected chi connectivity index (χ2v) is 8.13. The minimum absolute atomic E-state index is 0.0794. The van der Waals surface area contributed by atoms with Crippen LogP contribution in [0.5, 0.6) is 0 Å². The monoisotopic (exact) mass is 355 g/mol. The topological polar surface area (TPSA) is 90.9 Å². The molecule has 0 saturated heterocycles. The second-order valence-electron chi connectivity index (χ2n) is 8.13. The van der Waals surface area contributed by atoms with E-state index in [1.54, 1.807) is 47.6 Å². The standard InChI is InChI=1S/C18H29NO6/c1-17(2,3)15(21)23-10-19-13-8-7-12(9-13)14(20)24-11-25-16(22)18(4,5)6/h7-8,12-13,19H,9-11H2,1-6H3. The lowest BCUT2D eigenvalue weighted by atomic mass is 9.97. The molecule has 7 nitrogen and oxygen atoms in total. The number of rotatable bonds is 6. The van der Waals surface area contributed by atoms with Gasteiger partial charge in [0, 0.05) is 6.04 Å². The van der Waals surface area contributed by atoms with Crippen LogP contribution in [0.25, 0.3) is 0 Å². The molecule has 142 valence electrons. The van der Waals surface area contributed by atoms with Gasteiger partial charge in [0.25, 0.3) is 0 Å². The summed E-state index contributed by atoms with van der Waals surface area (Å²) in [5.74, 6) is -1.58. The van der Waals surface area contributed by atoms with Crippen LogP contribution >= 0.6 is 0 Å². The highest BCUT2D eigenvalue weighted by Gasteiger charge is 2.28. The number of ether oxygens (including phenoxy) is 3. The summed E-state index contributed by atoms with van der Waals surface area (Å²) >= 11 is 0. The van der Waals surface area contributed by atoms with E-state index in [-0.39, 0.29) is 25.5 Å². The van der Waals surface area contributed by atoms with Gasteiger partial charge in [-0.15, -0.1) is 0 Å². The molecule has 0 fully saturated rings. The van der Waals surface area contributed by atoms with Crippen LogP contribution in [0.2, 0.25) is 0 Å². The summed E-state index contributed by atoms with van der Waals surface area (Å²) in [5.41, 5.74) is -1.19. The molecule has 0 aromatic heterocycles. The van der Waals surface area contributed by atoms with Crippen molar-refractivity contribution in [1.29, 1.82) is 0 Å². The Kier molecular flexibility index (Phi) is 7.17. The molecule has 0 aliphatic heterocycles. The third-order valence-corrected chi connectivity index (χ3v) is 3.55. The summed E-state index contributed by atoms with van der Waals surface area (Å²) in [6.45, 7) is 10.2. The van der Waals surface area contributed by atoms with E-state index in [9.17, 15) is 14.4 Å². The Morgan fingerprint density at radius 1 is 0.920 bits per heavy atom. The first kappa shape index (κ1) is 21.2. The van der Waals surface area contributed by atoms with Gasteiger partial charge in [-0.1, -0.05) is 12.2 Å². The van der Waals surface area contributed by atoms with E-state index in [0.29, 0.717) is 6.42 Å². The van der Waals surface area contributed by atoms with Crippen LogP contribution in [0.4, 0.5) is 0 Å². The van der Waals surface area contributed by atoms with Crippen LogP contribution in [0.15, 0.2) is 12.2 Å². The molecule has 0 saturated carbocycles. The molecule has 1 aliphatic carbocycles. The van der Waals surface area contributed by atoms with E-state index in [0.717, 1.165) is 0 Å². The van der Waals surface area contributed by atoms with Crippen molar-refractivity contribution in [2.45, 2.75) is 54.0 Å². The predicted octanol–water partition coefficient (Wildman–Crippen LogP) is 2.16. The van der Waals surface area contributed by atoms with Crippen molar-refractivity contribution in [3.63, 3.8) is 0 Å². The molecular weight excluding hydrogens is 326 g/mol. The third-order valence-electron chi connectivity index (χ3n) is 3.55. The zero-order valence-corrected chi connectivity index (χ0v) is 15.9. The Morgan fingerprint density at radius 2 is 1.48 bits per heavy atom. The smallest absolute Gasteiger partial charge is 0.315 e. The molecule has 1 N–H and O–H groups in total. The largest absolute Gasteiger partial charge is 0.449 e. The lowest BCUT2D eigenvalue weighted by Gasteiger charge is -2.19. The van der Waals surface area contributed by atoms with Crippen LogP contribution in [0, 0.1) is 16.7 Å². The van der Waals surface area contributed by atoms with Gasteiger partial charge in [-0.05, 0) is 48.0 Å². The van der Waals surface area contributed by atoms with Crippen LogP contribution < -0.4 is 5.32 Å². The molecular formula is C18H29NO6. The summed E-state index contributed by atoms with van der Waals surface area (Å²) in [6, 6.07) is -0.0811. The second kappa shape index (κ2) is 8.47. The zero-order valence-electron chi connectivity index (χ0n) is 15.9. The molecule has 2 atom stereocenters. The minimum Gasteiger partial charge on any atom is -0.449 e. The van der Waals surface area contributed by atoms with E-state index in [1.165, 1.54) is 0 Å². The van der Waals surface area contributed by atoms with Gasteiger partial charge < -0.3 is 14.2 Å². The maximum absolute atomic E-state index is 12.0. The highest BCUT2D eigenvalue weighted by atomic mass is 16.7. The lowest BCUT2D eigenvalue weighted by molar-refractivity contribution is -0.174. The van der Waals surface area contributed by atoms with Crippen LogP contribution in [0.1, 0.15) is 48.0 Å². The van der Waals surface area contributed by atoms with Crippen LogP contribution in [-0.2, 0) is 28.6 Å². The fourth-order valence-corrected chi connectivity index (χ4v) is 1.92. The minimum atomic E-state index is -0.640. The Balaban J connectivity index is 2.26. The summed E-state index contributed by atoms with van der Waals surface area (Å²) in [6.07, 6.45) is 4.06. The van der Waals surface area contributed by atoms with Crippen molar-refractivity contribution in [3.05, 3.63) is 12.2 Å². The average Bonchev–Trinajstić information content (AvgIpc) is 2.93. The van der Waals surface area contributed by atoms with Gasteiger partial charge in [-0.25, -0.2) is 0 Å². The van der Waals surface area contributed by atoms with E-state index >= 15 is 0 Å². The molecule has 0 heterocycles. The molecule has 0 spiro atoms. The normalized spacial score (nSPS) is 20.2. The van der Waals surface area contributed by atoms with Gasteiger partial charge in [0.1, 0.15) is 6.73 Å². The fourth-order valence-electron chi connectivity index (χ4n) is 1.92. The van der Waals surface area contributed by atoms with Gasteiger partial charge in [0.2, 0.25) is 6.79 Å². The molecule has 7 heteroatoms. The van der Waals surface area contributed by atoms with Gasteiger partial charge in [0.15, 0.2) is 0 Å². The van der Waals surface area contributed by atoms with Crippen molar-refractivity contribution in [3.8, 4) is 0 Å². The Hall–Kier alpha value is -1.89. The number of esters is 3. The van der Waals surface area contributed by atoms with Gasteiger partial charge in [-0.3, -0.25) is 19.7 Å². The number of carbonyl (C=O) groups excluding carboxylic acids is 3. The number of hydrogen-bond donors (Lipinski definition) is 1. The molecule has 0 aromatic rings. The Bertz CT molecular complexity index is 527. The molecule has 0 bridgehead atoms. The third kappa shape index (κ3) is 7.25. The highest BCUT2D eigenvalue weighted by molar-refractivity contribution is 5.77. The molecule has 0 amide bonds. The Morgan fingerprint density at radius 3 is 2.04 bits per heavy atom. The number of nitrogens with one attached hydrogen (secondary N) is 1. The molecule has 1 aliphatic rings. The molecule has 25 heavy (non-hydrogen) atoms. The maximum Gasteiger partial charge on any atom is 0.315 e. The van der Waals surface area contributed by atoms with Gasteiger partial charge >= 0.3 is 17.9 Å². The zero-order chi connectivity index (χ0) is 19.3. The van der Waals surface area contributed by atoms with E-state index in [2.05, 4.69) is 5.32 Å². The summed E-state index contributed by atoms with van der Waals surface area (Å²) in [5, 5.41) is 3.04. The Labute approximate surface area is 149 Å². The van der Waals surface area contributed by atoms with Crippen molar-refractivity contribution >= 4 is 17.9 Å². The molecule has 1 rings (SSSR count). The van der Waals surface area contributed by atoms with E-state index in [4.69, 9.17) is 14.2 Å². The first-order valence-electron chi connectivity index (χ1n) is 8.34. The van der Waals surface area contributed by atoms with Crippen LogP contribution in [-0.4, -0.2) is 37.5 Å². The summed E-state index contributed by atoms with van der Waals surface area (Å²) in [4.78, 5) is 35.2. The molecule has 0 radical (unpaired) electrons. The predicted molar refractivity (Wildman–Crippen MR) is 91.1 cm³/mol. The van der Waals surface area contributed by atoms with Crippen LogP contribution in [0.3, 0.4) is 0 Å². The molecule has 0 aromatic carbocycles. The van der Waals surface area contributed by atoms with Crippen molar-refractivity contribution in [2.24, 2.45) is 16.7 Å². The quantitative estimate of drug-likeness (QED) is 0.443. The molecule has 2 unspecified atom stereocenters.